The first kappa shape index (κ1) is 17.3. The maximum absolute atomic E-state index is 12.4. The van der Waals surface area contributed by atoms with Crippen LogP contribution in [0.2, 0.25) is 0 Å². The van der Waals surface area contributed by atoms with E-state index in [1.165, 1.54) is 0 Å². The molecule has 0 aliphatic carbocycles. The second-order valence-corrected chi connectivity index (χ2v) is 8.38. The molecule has 0 N–H and O–H groups in total. The highest BCUT2D eigenvalue weighted by molar-refractivity contribution is 7.91. The molecule has 24 heavy (non-hydrogen) atoms. The average molecular weight is 353 g/mol. The molecule has 132 valence electrons. The van der Waals surface area contributed by atoms with Gasteiger partial charge in [0.2, 0.25) is 5.91 Å². The third-order valence-electron chi connectivity index (χ3n) is 4.63. The number of fused-ring (bicyclic) bond motifs is 1. The molecule has 1 amide bonds. The number of hydrogen-bond donors (Lipinski definition) is 0. The van der Waals surface area contributed by atoms with E-state index >= 15 is 0 Å². The number of aromatic nitrogens is 1. The molecule has 2 aliphatic heterocycles. The van der Waals surface area contributed by atoms with Crippen molar-refractivity contribution in [1.82, 2.24) is 14.8 Å². The lowest BCUT2D eigenvalue weighted by Crippen LogP contribution is -2.60. The number of piperazine rings is 1. The van der Waals surface area contributed by atoms with Crippen LogP contribution >= 0.6 is 0 Å². The molecular weight excluding hydrogens is 330 g/mol. The third-order valence-corrected chi connectivity index (χ3v) is 6.33. The van der Waals surface area contributed by atoms with Gasteiger partial charge in [-0.3, -0.25) is 14.7 Å². The van der Waals surface area contributed by atoms with Crippen molar-refractivity contribution in [2.24, 2.45) is 0 Å². The molecule has 8 heteroatoms. The summed E-state index contributed by atoms with van der Waals surface area (Å²) < 4.78 is 29.5. The fourth-order valence-corrected chi connectivity index (χ4v) is 5.51. The van der Waals surface area contributed by atoms with Crippen molar-refractivity contribution < 1.29 is 17.9 Å². The standard InChI is InChI=1S/C16H23N3O4S/c1-2-23-10-16(20)19-8-7-18(9-13-5-3-4-6-17-13)14-11-24(21,22)12-15(14)19/h3-6,14-15H,2,7-12H2,1H3/t14-,15+/m1/s1. The number of hydrogen-bond acceptors (Lipinski definition) is 6. The van der Waals surface area contributed by atoms with Gasteiger partial charge in [-0.1, -0.05) is 6.07 Å². The molecular formula is C16H23N3O4S. The fraction of sp³-hybridized carbons (Fsp3) is 0.625. The summed E-state index contributed by atoms with van der Waals surface area (Å²) in [5.41, 5.74) is 0.912. The average Bonchev–Trinajstić information content (AvgIpc) is 2.89. The molecule has 7 nitrogen and oxygen atoms in total. The van der Waals surface area contributed by atoms with Gasteiger partial charge in [-0.25, -0.2) is 8.42 Å². The number of rotatable bonds is 5. The highest BCUT2D eigenvalue weighted by Gasteiger charge is 2.47. The van der Waals surface area contributed by atoms with Crippen molar-refractivity contribution in [2.75, 3.05) is 37.8 Å². The fourth-order valence-electron chi connectivity index (χ4n) is 3.50. The Morgan fingerprint density at radius 1 is 1.29 bits per heavy atom. The summed E-state index contributed by atoms with van der Waals surface area (Å²) in [6.45, 7) is 4.09. The van der Waals surface area contributed by atoms with E-state index in [1.54, 1.807) is 11.1 Å². The van der Waals surface area contributed by atoms with Crippen LogP contribution < -0.4 is 0 Å². The minimum Gasteiger partial charge on any atom is -0.372 e. The summed E-state index contributed by atoms with van der Waals surface area (Å²) in [7, 11) is -3.14. The maximum Gasteiger partial charge on any atom is 0.248 e. The minimum atomic E-state index is -3.14. The number of pyridine rings is 1. The van der Waals surface area contributed by atoms with E-state index in [-0.39, 0.29) is 36.1 Å². The summed E-state index contributed by atoms with van der Waals surface area (Å²) in [5.74, 6) is 0.0124. The molecule has 3 heterocycles. The topological polar surface area (TPSA) is 79.8 Å². The summed E-state index contributed by atoms with van der Waals surface area (Å²) >= 11 is 0. The van der Waals surface area contributed by atoms with E-state index in [1.807, 2.05) is 25.1 Å². The van der Waals surface area contributed by atoms with Crippen LogP contribution in [0.3, 0.4) is 0 Å². The van der Waals surface area contributed by atoms with Crippen LogP contribution in [-0.2, 0) is 25.9 Å². The molecule has 0 radical (unpaired) electrons. The monoisotopic (exact) mass is 353 g/mol. The molecule has 0 aromatic carbocycles. The van der Waals surface area contributed by atoms with Gasteiger partial charge in [-0.2, -0.15) is 0 Å². The number of carbonyl (C=O) groups excluding carboxylic acids is 1. The summed E-state index contributed by atoms with van der Waals surface area (Å²) in [6, 6.07) is 5.26. The minimum absolute atomic E-state index is 0.0139. The van der Waals surface area contributed by atoms with Gasteiger partial charge in [0, 0.05) is 38.5 Å². The highest BCUT2D eigenvalue weighted by Crippen LogP contribution is 2.28. The molecule has 3 rings (SSSR count). The Labute approximate surface area is 142 Å². The van der Waals surface area contributed by atoms with E-state index in [0.717, 1.165) is 5.69 Å². The van der Waals surface area contributed by atoms with Gasteiger partial charge in [0.1, 0.15) is 6.61 Å². The predicted molar refractivity (Wildman–Crippen MR) is 89.1 cm³/mol. The van der Waals surface area contributed by atoms with Crippen LogP contribution in [0.5, 0.6) is 0 Å². The van der Waals surface area contributed by atoms with Crippen LogP contribution in [0, 0.1) is 0 Å². The predicted octanol–water partition coefficient (Wildman–Crippen LogP) is -0.0721. The molecule has 1 aromatic heterocycles. The van der Waals surface area contributed by atoms with Gasteiger partial charge in [-0.05, 0) is 19.1 Å². The first-order chi connectivity index (χ1) is 11.5. The first-order valence-corrected chi connectivity index (χ1v) is 10.0. The van der Waals surface area contributed by atoms with Crippen molar-refractivity contribution in [3.63, 3.8) is 0 Å². The summed E-state index contributed by atoms with van der Waals surface area (Å²) in [6.07, 6.45) is 1.74. The van der Waals surface area contributed by atoms with E-state index in [9.17, 15) is 13.2 Å². The lowest BCUT2D eigenvalue weighted by Gasteiger charge is -2.43. The number of nitrogens with zero attached hydrogens (tertiary/aromatic N) is 3. The van der Waals surface area contributed by atoms with Gasteiger partial charge in [-0.15, -0.1) is 0 Å². The SMILES string of the molecule is CCOCC(=O)N1CCN(Cc2ccccn2)[C@@H]2CS(=O)(=O)C[C@@H]21. The maximum atomic E-state index is 12.4. The molecule has 2 aliphatic rings. The second kappa shape index (κ2) is 7.16. The molecule has 0 saturated carbocycles. The smallest absolute Gasteiger partial charge is 0.248 e. The van der Waals surface area contributed by atoms with Gasteiger partial charge in [0.25, 0.3) is 0 Å². The van der Waals surface area contributed by atoms with Crippen LogP contribution in [0.25, 0.3) is 0 Å². The van der Waals surface area contributed by atoms with Crippen LogP contribution in [0.4, 0.5) is 0 Å². The van der Waals surface area contributed by atoms with E-state index in [0.29, 0.717) is 26.2 Å². The van der Waals surface area contributed by atoms with Crippen LogP contribution in [-0.4, -0.2) is 79.0 Å². The van der Waals surface area contributed by atoms with E-state index < -0.39 is 9.84 Å². The van der Waals surface area contributed by atoms with Crippen LogP contribution in [0.1, 0.15) is 12.6 Å². The Morgan fingerprint density at radius 3 is 2.79 bits per heavy atom. The lowest BCUT2D eigenvalue weighted by atomic mass is 10.0. The lowest BCUT2D eigenvalue weighted by molar-refractivity contribution is -0.142. The van der Waals surface area contributed by atoms with Crippen molar-refractivity contribution in [1.29, 1.82) is 0 Å². The van der Waals surface area contributed by atoms with Crippen LogP contribution in [0.15, 0.2) is 24.4 Å². The molecule has 1 aromatic rings. The van der Waals surface area contributed by atoms with Crippen molar-refractivity contribution in [3.05, 3.63) is 30.1 Å². The summed E-state index contributed by atoms with van der Waals surface area (Å²) in [5, 5.41) is 0. The zero-order valence-corrected chi connectivity index (χ0v) is 14.6. The van der Waals surface area contributed by atoms with Crippen molar-refractivity contribution in [3.8, 4) is 0 Å². The largest absolute Gasteiger partial charge is 0.372 e. The molecule has 0 spiro atoms. The zero-order chi connectivity index (χ0) is 17.2. The molecule has 2 fully saturated rings. The number of carbonyl (C=O) groups is 1. The number of sulfone groups is 1. The van der Waals surface area contributed by atoms with E-state index in [4.69, 9.17) is 4.74 Å². The Morgan fingerprint density at radius 2 is 2.08 bits per heavy atom. The number of amides is 1. The first-order valence-electron chi connectivity index (χ1n) is 8.22. The van der Waals surface area contributed by atoms with Crippen molar-refractivity contribution in [2.45, 2.75) is 25.6 Å². The Bertz CT molecular complexity index is 680. The number of ether oxygens (including phenoxy) is 1. The second-order valence-electron chi connectivity index (χ2n) is 6.23. The molecule has 0 bridgehead atoms. The van der Waals surface area contributed by atoms with Gasteiger partial charge in [0.15, 0.2) is 9.84 Å². The van der Waals surface area contributed by atoms with Gasteiger partial charge < -0.3 is 9.64 Å². The molecule has 2 saturated heterocycles. The third kappa shape index (κ3) is 3.76. The summed E-state index contributed by atoms with van der Waals surface area (Å²) in [4.78, 5) is 20.5. The van der Waals surface area contributed by atoms with Crippen molar-refractivity contribution >= 4 is 15.7 Å². The highest BCUT2D eigenvalue weighted by atomic mass is 32.2. The van der Waals surface area contributed by atoms with E-state index in [2.05, 4.69) is 9.88 Å². The zero-order valence-electron chi connectivity index (χ0n) is 13.8. The Balaban J connectivity index is 1.76. The molecule has 2 atom stereocenters. The van der Waals surface area contributed by atoms with Gasteiger partial charge in [0.05, 0.1) is 23.2 Å². The normalized spacial score (nSPS) is 26.3. The Kier molecular flexibility index (Phi) is 5.17. The quantitative estimate of drug-likeness (QED) is 0.737. The molecule has 0 unspecified atom stereocenters. The van der Waals surface area contributed by atoms with Gasteiger partial charge >= 0.3 is 0 Å². The Hall–Kier alpha value is -1.51.